The second kappa shape index (κ2) is 8.51. The van der Waals surface area contributed by atoms with Crippen LogP contribution >= 0.6 is 0 Å². The van der Waals surface area contributed by atoms with Crippen molar-refractivity contribution in [1.29, 1.82) is 0 Å². The average Bonchev–Trinajstić information content (AvgIpc) is 2.67. The number of nitrogens with two attached hydrogens (primary N) is 1. The van der Waals surface area contributed by atoms with E-state index in [2.05, 4.69) is 34.4 Å². The Kier molecular flexibility index (Phi) is 6.27. The number of rotatable bonds is 6. The molecule has 1 aliphatic heterocycles. The number of carboxylic acid groups (broad SMARTS) is 1. The molecule has 5 atom stereocenters. The van der Waals surface area contributed by atoms with Crippen LogP contribution in [0.2, 0.25) is 0 Å². The highest BCUT2D eigenvalue weighted by atomic mass is 16.5. The molecule has 1 aliphatic carbocycles. The highest BCUT2D eigenvalue weighted by Crippen LogP contribution is 2.44. The van der Waals surface area contributed by atoms with Gasteiger partial charge in [0, 0.05) is 18.7 Å². The van der Waals surface area contributed by atoms with Crippen LogP contribution in [0.3, 0.4) is 0 Å². The molecule has 28 heavy (non-hydrogen) atoms. The minimum absolute atomic E-state index is 0.125. The third-order valence-electron chi connectivity index (χ3n) is 6.58. The van der Waals surface area contributed by atoms with E-state index < -0.39 is 11.4 Å². The molecule has 1 saturated heterocycles. The first kappa shape index (κ1) is 20.6. The van der Waals surface area contributed by atoms with Crippen LogP contribution in [0.15, 0.2) is 6.20 Å². The van der Waals surface area contributed by atoms with Gasteiger partial charge in [0.25, 0.3) is 0 Å². The molecular weight excluding hydrogens is 358 g/mol. The van der Waals surface area contributed by atoms with Gasteiger partial charge in [-0.3, -0.25) is 4.79 Å². The number of aliphatic carboxylic acids is 1. The van der Waals surface area contributed by atoms with Crippen LogP contribution < -0.4 is 16.4 Å². The van der Waals surface area contributed by atoms with Crippen LogP contribution in [0.25, 0.3) is 0 Å². The maximum atomic E-state index is 11.7. The summed E-state index contributed by atoms with van der Waals surface area (Å²) in [7, 11) is 0. The minimum atomic E-state index is -0.698. The summed E-state index contributed by atoms with van der Waals surface area (Å²) < 4.78 is 5.49. The van der Waals surface area contributed by atoms with Gasteiger partial charge in [0.05, 0.1) is 23.9 Å². The van der Waals surface area contributed by atoms with E-state index in [0.29, 0.717) is 29.8 Å². The standard InChI is InChI=1S/C20H33N5O3/c1-4-13-9-14(5-7-20(13,3)18(26)27)23-17-15(21)10-22-19(25-17)24-16-6-8-28-11-12(16)2/h10,12-14,16H,4-9,11,21H2,1-3H3,(H,26,27)(H2,22,23,24,25)/t12-,13?,14+,16-,20+/m1/s1. The predicted molar refractivity (Wildman–Crippen MR) is 109 cm³/mol. The summed E-state index contributed by atoms with van der Waals surface area (Å²) in [5.74, 6) is 1.00. The number of nitrogens with one attached hydrogen (secondary N) is 2. The van der Waals surface area contributed by atoms with E-state index >= 15 is 0 Å². The van der Waals surface area contributed by atoms with Crippen molar-refractivity contribution >= 4 is 23.4 Å². The quantitative estimate of drug-likeness (QED) is 0.584. The van der Waals surface area contributed by atoms with Crippen molar-refractivity contribution in [1.82, 2.24) is 9.97 Å². The molecule has 0 bridgehead atoms. The molecule has 5 N–H and O–H groups in total. The molecule has 2 fully saturated rings. The third-order valence-corrected chi connectivity index (χ3v) is 6.58. The lowest BCUT2D eigenvalue weighted by atomic mass is 9.65. The van der Waals surface area contributed by atoms with E-state index in [9.17, 15) is 9.90 Å². The summed E-state index contributed by atoms with van der Waals surface area (Å²) in [6.45, 7) is 7.56. The molecular formula is C20H33N5O3. The molecule has 0 amide bonds. The highest BCUT2D eigenvalue weighted by molar-refractivity contribution is 5.74. The highest BCUT2D eigenvalue weighted by Gasteiger charge is 2.44. The van der Waals surface area contributed by atoms with Gasteiger partial charge in [-0.25, -0.2) is 4.98 Å². The van der Waals surface area contributed by atoms with Crippen molar-refractivity contribution in [2.24, 2.45) is 17.3 Å². The van der Waals surface area contributed by atoms with Crippen LogP contribution in [-0.2, 0) is 9.53 Å². The van der Waals surface area contributed by atoms with Crippen LogP contribution in [0.5, 0.6) is 0 Å². The SMILES string of the molecule is CCC1C[C@@H](Nc2nc(N[C@@H]3CCOC[C@H]3C)ncc2N)CC[C@]1(C)C(=O)O. The molecule has 1 aromatic heterocycles. The number of ether oxygens (including phenoxy) is 1. The van der Waals surface area contributed by atoms with Gasteiger partial charge in [0.1, 0.15) is 0 Å². The molecule has 0 spiro atoms. The van der Waals surface area contributed by atoms with Gasteiger partial charge < -0.3 is 26.2 Å². The molecule has 2 heterocycles. The summed E-state index contributed by atoms with van der Waals surface area (Å²) in [6, 6.07) is 0.435. The summed E-state index contributed by atoms with van der Waals surface area (Å²) in [5.41, 5.74) is 5.95. The zero-order chi connectivity index (χ0) is 20.3. The molecule has 8 heteroatoms. The number of aromatic nitrogens is 2. The van der Waals surface area contributed by atoms with Crippen LogP contribution in [0.1, 0.15) is 52.9 Å². The number of hydrogen-bond acceptors (Lipinski definition) is 7. The first-order valence-electron chi connectivity index (χ1n) is 10.3. The Hall–Kier alpha value is -2.09. The lowest BCUT2D eigenvalue weighted by Gasteiger charge is -2.41. The molecule has 156 valence electrons. The fraction of sp³-hybridized carbons (Fsp3) is 0.750. The van der Waals surface area contributed by atoms with Crippen molar-refractivity contribution in [3.05, 3.63) is 6.20 Å². The topological polar surface area (TPSA) is 122 Å². The molecule has 8 nitrogen and oxygen atoms in total. The Morgan fingerprint density at radius 2 is 2.21 bits per heavy atom. The van der Waals surface area contributed by atoms with Crippen molar-refractivity contribution in [3.8, 4) is 0 Å². The second-order valence-electron chi connectivity index (χ2n) is 8.53. The van der Waals surface area contributed by atoms with E-state index in [4.69, 9.17) is 10.5 Å². The number of hydrogen-bond donors (Lipinski definition) is 4. The van der Waals surface area contributed by atoms with E-state index in [1.54, 1.807) is 6.20 Å². The molecule has 0 radical (unpaired) electrons. The minimum Gasteiger partial charge on any atom is -0.481 e. The number of nitrogen functional groups attached to an aromatic ring is 1. The Morgan fingerprint density at radius 1 is 1.43 bits per heavy atom. The van der Waals surface area contributed by atoms with Crippen LogP contribution in [0.4, 0.5) is 17.5 Å². The molecule has 1 aromatic rings. The Morgan fingerprint density at radius 3 is 2.89 bits per heavy atom. The monoisotopic (exact) mass is 391 g/mol. The van der Waals surface area contributed by atoms with Crippen molar-refractivity contribution in [2.75, 3.05) is 29.6 Å². The van der Waals surface area contributed by atoms with Gasteiger partial charge >= 0.3 is 5.97 Å². The fourth-order valence-electron chi connectivity index (χ4n) is 4.46. The summed E-state index contributed by atoms with van der Waals surface area (Å²) in [5, 5.41) is 16.5. The molecule has 1 unspecified atom stereocenters. The Labute approximate surface area is 166 Å². The fourth-order valence-corrected chi connectivity index (χ4v) is 4.46. The van der Waals surface area contributed by atoms with Gasteiger partial charge in [0.2, 0.25) is 5.95 Å². The maximum Gasteiger partial charge on any atom is 0.309 e. The lowest BCUT2D eigenvalue weighted by Crippen LogP contribution is -2.44. The summed E-state index contributed by atoms with van der Waals surface area (Å²) >= 11 is 0. The molecule has 3 rings (SSSR count). The van der Waals surface area contributed by atoms with Crippen LogP contribution in [0, 0.1) is 17.3 Å². The molecule has 2 aliphatic rings. The first-order valence-corrected chi connectivity index (χ1v) is 10.3. The number of carboxylic acids is 1. The maximum absolute atomic E-state index is 11.7. The predicted octanol–water partition coefficient (Wildman–Crippen LogP) is 2.98. The lowest BCUT2D eigenvalue weighted by molar-refractivity contribution is -0.153. The van der Waals surface area contributed by atoms with Gasteiger partial charge in [0.15, 0.2) is 5.82 Å². The smallest absolute Gasteiger partial charge is 0.309 e. The summed E-state index contributed by atoms with van der Waals surface area (Å²) in [6.07, 6.45) is 5.61. The Balaban J connectivity index is 1.68. The number of carbonyl (C=O) groups is 1. The van der Waals surface area contributed by atoms with E-state index in [1.165, 1.54) is 0 Å². The normalized spacial score (nSPS) is 33.2. The largest absolute Gasteiger partial charge is 0.481 e. The van der Waals surface area contributed by atoms with Crippen molar-refractivity contribution < 1.29 is 14.6 Å². The molecule has 0 aromatic carbocycles. The van der Waals surface area contributed by atoms with E-state index in [1.807, 2.05) is 6.92 Å². The zero-order valence-electron chi connectivity index (χ0n) is 17.1. The zero-order valence-corrected chi connectivity index (χ0v) is 17.1. The second-order valence-corrected chi connectivity index (χ2v) is 8.53. The molecule has 1 saturated carbocycles. The third kappa shape index (κ3) is 4.32. The van der Waals surface area contributed by atoms with Gasteiger partial charge in [-0.2, -0.15) is 4.98 Å². The van der Waals surface area contributed by atoms with Crippen molar-refractivity contribution in [3.63, 3.8) is 0 Å². The van der Waals surface area contributed by atoms with E-state index in [0.717, 1.165) is 38.9 Å². The number of nitrogens with zero attached hydrogens (tertiary/aromatic N) is 2. The summed E-state index contributed by atoms with van der Waals surface area (Å²) in [4.78, 5) is 20.7. The number of anilines is 3. The first-order chi connectivity index (χ1) is 13.3. The van der Waals surface area contributed by atoms with Crippen LogP contribution in [-0.4, -0.2) is 46.3 Å². The van der Waals surface area contributed by atoms with Gasteiger partial charge in [-0.15, -0.1) is 0 Å². The average molecular weight is 392 g/mol. The van der Waals surface area contributed by atoms with Gasteiger partial charge in [-0.1, -0.05) is 20.3 Å². The van der Waals surface area contributed by atoms with Crippen molar-refractivity contribution in [2.45, 2.75) is 65.0 Å². The van der Waals surface area contributed by atoms with Gasteiger partial charge in [-0.05, 0) is 44.4 Å². The van der Waals surface area contributed by atoms with E-state index in [-0.39, 0.29) is 18.0 Å². The Bertz CT molecular complexity index is 700.